The van der Waals surface area contributed by atoms with E-state index in [0.29, 0.717) is 19.8 Å². The van der Waals surface area contributed by atoms with E-state index in [9.17, 15) is 0 Å². The van der Waals surface area contributed by atoms with E-state index >= 15 is 0 Å². The molecule has 23 heavy (non-hydrogen) atoms. The molecule has 0 radical (unpaired) electrons. The highest BCUT2D eigenvalue weighted by atomic mass is 16.5. The van der Waals surface area contributed by atoms with Gasteiger partial charge in [-0.25, -0.2) is 0 Å². The molecule has 3 nitrogen and oxygen atoms in total. The van der Waals surface area contributed by atoms with E-state index < -0.39 is 0 Å². The molecule has 0 saturated carbocycles. The van der Waals surface area contributed by atoms with Gasteiger partial charge in [0.2, 0.25) is 0 Å². The van der Waals surface area contributed by atoms with Gasteiger partial charge in [-0.1, -0.05) is 42.5 Å². The molecular weight excluding hydrogens is 286 g/mol. The lowest BCUT2D eigenvalue weighted by molar-refractivity contribution is 0.301. The predicted octanol–water partition coefficient (Wildman–Crippen LogP) is 4.15. The van der Waals surface area contributed by atoms with E-state index in [1.54, 1.807) is 0 Å². The summed E-state index contributed by atoms with van der Waals surface area (Å²) in [4.78, 5) is 0. The van der Waals surface area contributed by atoms with Crippen molar-refractivity contribution in [2.75, 3.05) is 13.2 Å². The minimum Gasteiger partial charge on any atom is -0.494 e. The quantitative estimate of drug-likeness (QED) is 0.667. The molecule has 0 atom stereocenters. The van der Waals surface area contributed by atoms with Gasteiger partial charge in [0.05, 0.1) is 6.61 Å². The smallest absolute Gasteiger partial charge is 0.120 e. The zero-order chi connectivity index (χ0) is 15.9. The maximum absolute atomic E-state index is 5.91. The lowest BCUT2D eigenvalue weighted by Gasteiger charge is -2.10. The molecule has 0 unspecified atom stereocenters. The Kier molecular flexibility index (Phi) is 5.12. The van der Waals surface area contributed by atoms with Crippen LogP contribution in [0, 0.1) is 0 Å². The van der Waals surface area contributed by atoms with Crippen LogP contribution >= 0.6 is 0 Å². The van der Waals surface area contributed by atoms with Crippen molar-refractivity contribution in [2.24, 2.45) is 5.73 Å². The minimum absolute atomic E-state index is 0.550. The molecule has 3 aromatic carbocycles. The Balaban J connectivity index is 1.63. The van der Waals surface area contributed by atoms with Gasteiger partial charge in [0.25, 0.3) is 0 Å². The number of rotatable bonds is 7. The highest BCUT2D eigenvalue weighted by molar-refractivity contribution is 5.85. The van der Waals surface area contributed by atoms with Crippen molar-refractivity contribution in [3.8, 4) is 11.5 Å². The van der Waals surface area contributed by atoms with Gasteiger partial charge in [-0.15, -0.1) is 0 Å². The summed E-state index contributed by atoms with van der Waals surface area (Å²) in [6.45, 7) is 1.84. The van der Waals surface area contributed by atoms with Crippen LogP contribution in [-0.4, -0.2) is 13.2 Å². The molecule has 0 aliphatic carbocycles. The van der Waals surface area contributed by atoms with E-state index in [4.69, 9.17) is 15.2 Å². The zero-order valence-electron chi connectivity index (χ0n) is 13.1. The summed E-state index contributed by atoms with van der Waals surface area (Å²) in [6.07, 6.45) is 0.860. The summed E-state index contributed by atoms with van der Waals surface area (Å²) in [6, 6.07) is 22.4. The molecule has 0 amide bonds. The van der Waals surface area contributed by atoms with Gasteiger partial charge in [0.15, 0.2) is 0 Å². The molecule has 0 heterocycles. The van der Waals surface area contributed by atoms with Gasteiger partial charge in [-0.05, 0) is 53.6 Å². The Morgan fingerprint density at radius 2 is 1.43 bits per heavy atom. The van der Waals surface area contributed by atoms with Crippen LogP contribution in [-0.2, 0) is 6.61 Å². The summed E-state index contributed by atoms with van der Waals surface area (Å²) in [7, 11) is 0. The zero-order valence-corrected chi connectivity index (χ0v) is 13.1. The monoisotopic (exact) mass is 307 g/mol. The molecule has 118 valence electrons. The van der Waals surface area contributed by atoms with Gasteiger partial charge < -0.3 is 15.2 Å². The van der Waals surface area contributed by atoms with Gasteiger partial charge in [0.1, 0.15) is 18.1 Å². The summed E-state index contributed by atoms with van der Waals surface area (Å²) < 4.78 is 11.5. The summed E-state index contributed by atoms with van der Waals surface area (Å²) >= 11 is 0. The molecule has 3 rings (SSSR count). The lowest BCUT2D eigenvalue weighted by atomic mass is 10.1. The predicted molar refractivity (Wildman–Crippen MR) is 93.9 cm³/mol. The van der Waals surface area contributed by atoms with Gasteiger partial charge in [0, 0.05) is 0 Å². The molecular formula is C20H21NO2. The highest BCUT2D eigenvalue weighted by Gasteiger charge is 2.02. The second kappa shape index (κ2) is 7.65. The molecule has 0 aromatic heterocycles. The van der Waals surface area contributed by atoms with Gasteiger partial charge >= 0.3 is 0 Å². The summed E-state index contributed by atoms with van der Waals surface area (Å²) in [5, 5.41) is 2.47. The third kappa shape index (κ3) is 4.02. The third-order valence-corrected chi connectivity index (χ3v) is 3.72. The Bertz CT molecular complexity index is 748. The first-order chi connectivity index (χ1) is 11.4. The first kappa shape index (κ1) is 15.4. The van der Waals surface area contributed by atoms with Crippen LogP contribution in [0.5, 0.6) is 11.5 Å². The van der Waals surface area contributed by atoms with Crippen molar-refractivity contribution in [1.82, 2.24) is 0 Å². The lowest BCUT2D eigenvalue weighted by Crippen LogP contribution is -2.06. The molecule has 3 aromatic rings. The normalized spacial score (nSPS) is 10.7. The third-order valence-electron chi connectivity index (χ3n) is 3.72. The molecule has 0 fully saturated rings. The topological polar surface area (TPSA) is 44.5 Å². The Morgan fingerprint density at radius 1 is 0.739 bits per heavy atom. The van der Waals surface area contributed by atoms with E-state index in [-0.39, 0.29) is 0 Å². The van der Waals surface area contributed by atoms with Crippen LogP contribution in [0.1, 0.15) is 12.0 Å². The van der Waals surface area contributed by atoms with E-state index in [1.165, 1.54) is 16.3 Å². The van der Waals surface area contributed by atoms with Crippen molar-refractivity contribution in [3.05, 3.63) is 72.3 Å². The van der Waals surface area contributed by atoms with Crippen molar-refractivity contribution in [2.45, 2.75) is 13.0 Å². The van der Waals surface area contributed by atoms with Crippen LogP contribution in [0.4, 0.5) is 0 Å². The van der Waals surface area contributed by atoms with Crippen LogP contribution < -0.4 is 15.2 Å². The fourth-order valence-corrected chi connectivity index (χ4v) is 2.48. The Labute approximate surface area is 136 Å². The molecule has 0 bridgehead atoms. The SMILES string of the molecule is NCCCOc1ccc(OCc2cccc3ccccc23)cc1. The number of hydrogen-bond donors (Lipinski definition) is 1. The number of fused-ring (bicyclic) bond motifs is 1. The molecule has 3 heteroatoms. The number of nitrogens with two attached hydrogens (primary N) is 1. The highest BCUT2D eigenvalue weighted by Crippen LogP contribution is 2.22. The van der Waals surface area contributed by atoms with Crippen LogP contribution in [0.3, 0.4) is 0 Å². The average molecular weight is 307 g/mol. The molecule has 0 spiro atoms. The second-order valence-corrected chi connectivity index (χ2v) is 5.39. The molecule has 2 N–H and O–H groups in total. The molecule has 0 aliphatic rings. The van der Waals surface area contributed by atoms with Crippen molar-refractivity contribution >= 4 is 10.8 Å². The van der Waals surface area contributed by atoms with Gasteiger partial charge in [-0.3, -0.25) is 0 Å². The molecule has 0 aliphatic heterocycles. The number of hydrogen-bond acceptors (Lipinski definition) is 3. The minimum atomic E-state index is 0.550. The van der Waals surface area contributed by atoms with Crippen LogP contribution in [0.2, 0.25) is 0 Å². The first-order valence-corrected chi connectivity index (χ1v) is 7.89. The van der Waals surface area contributed by atoms with Gasteiger partial charge in [-0.2, -0.15) is 0 Å². The van der Waals surface area contributed by atoms with Crippen molar-refractivity contribution in [1.29, 1.82) is 0 Å². The maximum atomic E-state index is 5.91. The van der Waals surface area contributed by atoms with E-state index in [1.807, 2.05) is 24.3 Å². The summed E-state index contributed by atoms with van der Waals surface area (Å²) in [5.41, 5.74) is 6.64. The number of ether oxygens (including phenoxy) is 2. The first-order valence-electron chi connectivity index (χ1n) is 7.89. The van der Waals surface area contributed by atoms with Crippen LogP contribution in [0.15, 0.2) is 66.7 Å². The van der Waals surface area contributed by atoms with Crippen LogP contribution in [0.25, 0.3) is 10.8 Å². The Hall–Kier alpha value is -2.52. The fourth-order valence-electron chi connectivity index (χ4n) is 2.48. The number of benzene rings is 3. The molecule has 0 saturated heterocycles. The van der Waals surface area contributed by atoms with E-state index in [0.717, 1.165) is 17.9 Å². The summed E-state index contributed by atoms with van der Waals surface area (Å²) in [5.74, 6) is 1.68. The van der Waals surface area contributed by atoms with Crippen molar-refractivity contribution in [3.63, 3.8) is 0 Å². The largest absolute Gasteiger partial charge is 0.494 e. The van der Waals surface area contributed by atoms with Crippen molar-refractivity contribution < 1.29 is 9.47 Å². The maximum Gasteiger partial charge on any atom is 0.120 e. The second-order valence-electron chi connectivity index (χ2n) is 5.39. The fraction of sp³-hybridized carbons (Fsp3) is 0.200. The van der Waals surface area contributed by atoms with E-state index in [2.05, 4.69) is 42.5 Å². The standard InChI is InChI=1S/C20H21NO2/c21-13-4-14-22-18-9-11-19(12-10-18)23-15-17-7-3-6-16-5-1-2-8-20(16)17/h1-3,5-12H,4,13-15,21H2. The Morgan fingerprint density at radius 3 is 2.22 bits per heavy atom. The average Bonchev–Trinajstić information content (AvgIpc) is 2.61.